The van der Waals surface area contributed by atoms with Gasteiger partial charge in [0, 0.05) is 22.7 Å². The van der Waals surface area contributed by atoms with E-state index in [0.717, 1.165) is 5.56 Å². The van der Waals surface area contributed by atoms with Crippen molar-refractivity contribution in [3.8, 4) is 5.75 Å². The first-order chi connectivity index (χ1) is 11.0. The van der Waals surface area contributed by atoms with Crippen molar-refractivity contribution in [2.45, 2.75) is 32.8 Å². The quantitative estimate of drug-likeness (QED) is 0.871. The summed E-state index contributed by atoms with van der Waals surface area (Å²) in [6.07, 6.45) is 0.0637. The number of hydrogen-bond donors (Lipinski definition) is 1. The fourth-order valence-electron chi connectivity index (χ4n) is 2.75. The maximum absolute atomic E-state index is 12.5. The van der Waals surface area contributed by atoms with Crippen LogP contribution < -0.4 is 10.1 Å². The van der Waals surface area contributed by atoms with Crippen LogP contribution in [0.1, 0.15) is 53.0 Å². The molecule has 1 amide bonds. The Morgan fingerprint density at radius 2 is 1.74 bits per heavy atom. The van der Waals surface area contributed by atoms with Crippen LogP contribution in [0.3, 0.4) is 0 Å². The molecule has 0 radical (unpaired) electrons. The standard InChI is InChI=1S/C19H19NO3/c1-11-13(3)23-18-16(11)5-4-6-17(18)19(22)20-15-9-7-14(8-10-15)12(2)21/h4-11,13H,1-3H3,(H,20,22). The average molecular weight is 309 g/mol. The minimum absolute atomic E-state index is 0.000121. The number of anilines is 1. The van der Waals surface area contributed by atoms with Crippen molar-refractivity contribution in [2.24, 2.45) is 0 Å². The number of nitrogens with one attached hydrogen (secondary N) is 1. The van der Waals surface area contributed by atoms with E-state index in [0.29, 0.717) is 22.6 Å². The lowest BCUT2D eigenvalue weighted by Crippen LogP contribution is -2.14. The molecule has 118 valence electrons. The van der Waals surface area contributed by atoms with E-state index in [4.69, 9.17) is 4.74 Å². The van der Waals surface area contributed by atoms with Crippen LogP contribution in [0.2, 0.25) is 0 Å². The summed E-state index contributed by atoms with van der Waals surface area (Å²) in [6, 6.07) is 12.5. The second-order valence-electron chi connectivity index (χ2n) is 5.92. The van der Waals surface area contributed by atoms with Crippen molar-refractivity contribution in [1.29, 1.82) is 0 Å². The van der Waals surface area contributed by atoms with E-state index in [2.05, 4.69) is 12.2 Å². The number of carbonyl (C=O) groups is 2. The summed E-state index contributed by atoms with van der Waals surface area (Å²) in [5.41, 5.74) is 2.87. The molecule has 0 saturated carbocycles. The van der Waals surface area contributed by atoms with Crippen LogP contribution in [-0.2, 0) is 0 Å². The highest BCUT2D eigenvalue weighted by atomic mass is 16.5. The molecule has 1 aliphatic rings. The number of amides is 1. The number of carbonyl (C=O) groups excluding carboxylic acids is 2. The Morgan fingerprint density at radius 3 is 2.39 bits per heavy atom. The van der Waals surface area contributed by atoms with Crippen LogP contribution >= 0.6 is 0 Å². The van der Waals surface area contributed by atoms with Gasteiger partial charge in [-0.2, -0.15) is 0 Å². The van der Waals surface area contributed by atoms with Gasteiger partial charge in [-0.05, 0) is 44.2 Å². The van der Waals surface area contributed by atoms with Gasteiger partial charge in [-0.1, -0.05) is 19.1 Å². The second-order valence-corrected chi connectivity index (χ2v) is 5.92. The molecular formula is C19H19NO3. The largest absolute Gasteiger partial charge is 0.489 e. The van der Waals surface area contributed by atoms with Gasteiger partial charge in [0.05, 0.1) is 5.56 Å². The number of benzene rings is 2. The van der Waals surface area contributed by atoms with Crippen LogP contribution in [-0.4, -0.2) is 17.8 Å². The maximum Gasteiger partial charge on any atom is 0.259 e. The third-order valence-corrected chi connectivity index (χ3v) is 4.34. The van der Waals surface area contributed by atoms with Crippen molar-refractivity contribution in [3.63, 3.8) is 0 Å². The van der Waals surface area contributed by atoms with Crippen molar-refractivity contribution >= 4 is 17.4 Å². The summed E-state index contributed by atoms with van der Waals surface area (Å²) in [5, 5.41) is 2.85. The number of Topliss-reactive ketones (excluding diaryl/α,β-unsaturated/α-hetero) is 1. The van der Waals surface area contributed by atoms with Gasteiger partial charge in [-0.15, -0.1) is 0 Å². The zero-order valence-corrected chi connectivity index (χ0v) is 13.4. The monoisotopic (exact) mass is 309 g/mol. The molecule has 3 rings (SSSR count). The number of rotatable bonds is 3. The Kier molecular flexibility index (Phi) is 3.90. The third-order valence-electron chi connectivity index (χ3n) is 4.34. The van der Waals surface area contributed by atoms with E-state index in [1.807, 2.05) is 19.1 Å². The zero-order chi connectivity index (χ0) is 16.6. The number of hydrogen-bond acceptors (Lipinski definition) is 3. The molecule has 0 spiro atoms. The molecular weight excluding hydrogens is 290 g/mol. The van der Waals surface area contributed by atoms with Crippen LogP contribution in [0.25, 0.3) is 0 Å². The zero-order valence-electron chi connectivity index (χ0n) is 13.4. The van der Waals surface area contributed by atoms with Gasteiger partial charge >= 0.3 is 0 Å². The van der Waals surface area contributed by atoms with Crippen LogP contribution in [0, 0.1) is 0 Å². The molecule has 1 N–H and O–H groups in total. The minimum Gasteiger partial charge on any atom is -0.489 e. The summed E-state index contributed by atoms with van der Waals surface area (Å²) >= 11 is 0. The molecule has 4 nitrogen and oxygen atoms in total. The Bertz CT molecular complexity index is 765. The van der Waals surface area contributed by atoms with E-state index in [-0.39, 0.29) is 23.7 Å². The predicted octanol–water partition coefficient (Wildman–Crippen LogP) is 4.03. The Balaban J connectivity index is 1.84. The summed E-state index contributed by atoms with van der Waals surface area (Å²) < 4.78 is 5.85. The lowest BCUT2D eigenvalue weighted by atomic mass is 9.97. The highest BCUT2D eigenvalue weighted by molar-refractivity contribution is 6.06. The van der Waals surface area contributed by atoms with E-state index in [9.17, 15) is 9.59 Å². The topological polar surface area (TPSA) is 55.4 Å². The predicted molar refractivity (Wildman–Crippen MR) is 89.3 cm³/mol. The molecule has 2 atom stereocenters. The van der Waals surface area contributed by atoms with Gasteiger partial charge < -0.3 is 10.1 Å². The van der Waals surface area contributed by atoms with Gasteiger partial charge in [0.2, 0.25) is 0 Å². The Hall–Kier alpha value is -2.62. The van der Waals surface area contributed by atoms with Gasteiger partial charge in [-0.25, -0.2) is 0 Å². The van der Waals surface area contributed by atoms with Crippen LogP contribution in [0.4, 0.5) is 5.69 Å². The Morgan fingerprint density at radius 1 is 1.04 bits per heavy atom. The first-order valence-electron chi connectivity index (χ1n) is 7.69. The summed E-state index contributed by atoms with van der Waals surface area (Å²) in [7, 11) is 0. The minimum atomic E-state index is -0.210. The first kappa shape index (κ1) is 15.3. The fourth-order valence-corrected chi connectivity index (χ4v) is 2.75. The van der Waals surface area contributed by atoms with Crippen LogP contribution in [0.5, 0.6) is 5.75 Å². The van der Waals surface area contributed by atoms with Crippen molar-refractivity contribution in [3.05, 3.63) is 59.2 Å². The Labute approximate surface area is 135 Å². The number of fused-ring (bicyclic) bond motifs is 1. The lowest BCUT2D eigenvalue weighted by Gasteiger charge is -2.10. The van der Waals surface area contributed by atoms with E-state index < -0.39 is 0 Å². The van der Waals surface area contributed by atoms with Crippen molar-refractivity contribution in [2.75, 3.05) is 5.32 Å². The molecule has 0 aliphatic carbocycles. The normalized spacial score (nSPS) is 18.9. The third kappa shape index (κ3) is 2.84. The summed E-state index contributed by atoms with van der Waals surface area (Å²) in [6.45, 7) is 5.62. The summed E-state index contributed by atoms with van der Waals surface area (Å²) in [5.74, 6) is 0.733. The number of para-hydroxylation sites is 1. The summed E-state index contributed by atoms with van der Waals surface area (Å²) in [4.78, 5) is 23.8. The van der Waals surface area contributed by atoms with Crippen LogP contribution in [0.15, 0.2) is 42.5 Å². The first-order valence-corrected chi connectivity index (χ1v) is 7.69. The highest BCUT2D eigenvalue weighted by Crippen LogP contribution is 2.40. The fraction of sp³-hybridized carbons (Fsp3) is 0.263. The average Bonchev–Trinajstić information content (AvgIpc) is 2.83. The maximum atomic E-state index is 12.5. The molecule has 0 aromatic heterocycles. The molecule has 4 heteroatoms. The van der Waals surface area contributed by atoms with E-state index in [1.165, 1.54) is 6.92 Å². The van der Waals surface area contributed by atoms with Gasteiger partial charge in [0.25, 0.3) is 5.91 Å². The van der Waals surface area contributed by atoms with Gasteiger partial charge in [-0.3, -0.25) is 9.59 Å². The van der Waals surface area contributed by atoms with E-state index >= 15 is 0 Å². The highest BCUT2D eigenvalue weighted by Gasteiger charge is 2.31. The molecule has 2 aromatic carbocycles. The SMILES string of the molecule is CC(=O)c1ccc(NC(=O)c2cccc3c2OC(C)C3C)cc1. The van der Waals surface area contributed by atoms with E-state index in [1.54, 1.807) is 30.3 Å². The molecule has 2 unspecified atom stereocenters. The molecule has 0 bridgehead atoms. The molecule has 0 fully saturated rings. The molecule has 1 heterocycles. The molecule has 23 heavy (non-hydrogen) atoms. The smallest absolute Gasteiger partial charge is 0.259 e. The van der Waals surface area contributed by atoms with Gasteiger partial charge in [0.15, 0.2) is 5.78 Å². The van der Waals surface area contributed by atoms with Crippen molar-refractivity contribution in [1.82, 2.24) is 0 Å². The number of ether oxygens (including phenoxy) is 1. The molecule has 2 aromatic rings. The van der Waals surface area contributed by atoms with Crippen molar-refractivity contribution < 1.29 is 14.3 Å². The molecule has 0 saturated heterocycles. The van der Waals surface area contributed by atoms with Gasteiger partial charge in [0.1, 0.15) is 11.9 Å². The molecule has 1 aliphatic heterocycles. The lowest BCUT2D eigenvalue weighted by molar-refractivity contribution is 0.101. The number of ketones is 1. The second kappa shape index (κ2) is 5.88.